The first-order chi connectivity index (χ1) is 9.45. The van der Waals surface area contributed by atoms with Crippen LogP contribution in [0.25, 0.3) is 0 Å². The monoisotopic (exact) mass is 296 g/mol. The van der Waals surface area contributed by atoms with Crippen molar-refractivity contribution >= 4 is 34.8 Å². The number of hydrogen-bond donors (Lipinski definition) is 2. The molecule has 7 heteroatoms. The Morgan fingerprint density at radius 2 is 2.20 bits per heavy atom. The zero-order chi connectivity index (χ0) is 14.7. The number of nitrogen functional groups attached to an aromatic ring is 1. The third-order valence-corrected chi connectivity index (χ3v) is 3.50. The molecule has 0 unspecified atom stereocenters. The second-order valence-corrected chi connectivity index (χ2v) is 5.22. The highest BCUT2D eigenvalue weighted by atomic mass is 35.5. The molecule has 3 N–H and O–H groups in total. The highest BCUT2D eigenvalue weighted by Gasteiger charge is 2.22. The van der Waals surface area contributed by atoms with Crippen molar-refractivity contribution in [3.8, 4) is 0 Å². The minimum Gasteiger partial charge on any atom is -0.399 e. The van der Waals surface area contributed by atoms with E-state index >= 15 is 0 Å². The van der Waals surface area contributed by atoms with Gasteiger partial charge >= 0.3 is 0 Å². The number of rotatable bonds is 3. The third kappa shape index (κ3) is 3.61. The minimum absolute atomic E-state index is 0.0195. The van der Waals surface area contributed by atoms with E-state index in [4.69, 9.17) is 17.3 Å². The maximum Gasteiger partial charge on any atom is 0.238 e. The fourth-order valence-electron chi connectivity index (χ4n) is 1.97. The Hall–Kier alpha value is -1.79. The van der Waals surface area contributed by atoms with Crippen LogP contribution in [-0.2, 0) is 9.59 Å². The molecule has 1 heterocycles. The summed E-state index contributed by atoms with van der Waals surface area (Å²) in [6.45, 7) is 1.73. The van der Waals surface area contributed by atoms with E-state index in [0.717, 1.165) is 0 Å². The first-order valence-corrected chi connectivity index (χ1v) is 6.64. The molecular weight excluding hydrogens is 280 g/mol. The summed E-state index contributed by atoms with van der Waals surface area (Å²) in [6.07, 6.45) is 0. The fraction of sp³-hybridized carbons (Fsp3) is 0.385. The first-order valence-electron chi connectivity index (χ1n) is 6.27. The van der Waals surface area contributed by atoms with Gasteiger partial charge in [0.05, 0.1) is 23.8 Å². The second kappa shape index (κ2) is 6.11. The van der Waals surface area contributed by atoms with Crippen LogP contribution in [0.15, 0.2) is 18.2 Å². The summed E-state index contributed by atoms with van der Waals surface area (Å²) in [5.74, 6) is -0.194. The fourth-order valence-corrected chi connectivity index (χ4v) is 2.14. The Morgan fingerprint density at radius 1 is 1.45 bits per heavy atom. The number of halogens is 1. The number of likely N-dealkylation sites (N-methyl/N-ethyl adjacent to an activating group) is 1. The highest BCUT2D eigenvalue weighted by molar-refractivity contribution is 6.33. The SMILES string of the molecule is CN1CCN(CC(=O)Nc2cc(N)ccc2Cl)CC1=O. The number of nitrogens with zero attached hydrogens (tertiary/aromatic N) is 2. The van der Waals surface area contributed by atoms with Gasteiger partial charge in [-0.1, -0.05) is 11.6 Å². The van der Waals surface area contributed by atoms with E-state index in [1.807, 2.05) is 0 Å². The van der Waals surface area contributed by atoms with Crippen molar-refractivity contribution in [3.05, 3.63) is 23.2 Å². The number of nitrogens with one attached hydrogen (secondary N) is 1. The smallest absolute Gasteiger partial charge is 0.238 e. The van der Waals surface area contributed by atoms with Crippen LogP contribution in [0.2, 0.25) is 5.02 Å². The van der Waals surface area contributed by atoms with E-state index in [2.05, 4.69) is 5.32 Å². The van der Waals surface area contributed by atoms with Crippen LogP contribution in [0.3, 0.4) is 0 Å². The lowest BCUT2D eigenvalue weighted by Crippen LogP contribution is -2.50. The number of amides is 2. The van der Waals surface area contributed by atoms with Gasteiger partial charge in [0.1, 0.15) is 0 Å². The molecule has 0 spiro atoms. The van der Waals surface area contributed by atoms with Crippen molar-refractivity contribution in [1.82, 2.24) is 9.80 Å². The van der Waals surface area contributed by atoms with E-state index in [1.165, 1.54) is 0 Å². The molecule has 0 bridgehead atoms. The molecule has 1 aliphatic rings. The van der Waals surface area contributed by atoms with Gasteiger partial charge in [-0.05, 0) is 18.2 Å². The standard InChI is InChI=1S/C13H17ClN4O2/c1-17-4-5-18(8-13(17)20)7-12(19)16-11-6-9(15)2-3-10(11)14/h2-3,6H,4-5,7-8,15H2,1H3,(H,16,19). The predicted molar refractivity (Wildman–Crippen MR) is 78.6 cm³/mol. The Bertz CT molecular complexity index is 535. The average molecular weight is 297 g/mol. The Balaban J connectivity index is 1.92. The van der Waals surface area contributed by atoms with Gasteiger partial charge in [0.2, 0.25) is 11.8 Å². The van der Waals surface area contributed by atoms with Gasteiger partial charge in [0.25, 0.3) is 0 Å². The zero-order valence-corrected chi connectivity index (χ0v) is 12.0. The lowest BCUT2D eigenvalue weighted by Gasteiger charge is -2.31. The van der Waals surface area contributed by atoms with E-state index in [0.29, 0.717) is 29.5 Å². The number of anilines is 2. The molecule has 20 heavy (non-hydrogen) atoms. The largest absolute Gasteiger partial charge is 0.399 e. The van der Waals surface area contributed by atoms with Crippen molar-refractivity contribution in [1.29, 1.82) is 0 Å². The van der Waals surface area contributed by atoms with Gasteiger partial charge < -0.3 is 16.0 Å². The molecule has 1 saturated heterocycles. The minimum atomic E-state index is -0.213. The van der Waals surface area contributed by atoms with Crippen LogP contribution in [0, 0.1) is 0 Å². The van der Waals surface area contributed by atoms with Crippen molar-refractivity contribution in [3.63, 3.8) is 0 Å². The zero-order valence-electron chi connectivity index (χ0n) is 11.2. The van der Waals surface area contributed by atoms with E-state index in [-0.39, 0.29) is 24.9 Å². The molecule has 0 saturated carbocycles. The molecule has 1 aliphatic heterocycles. The number of carbonyl (C=O) groups excluding carboxylic acids is 2. The molecule has 0 atom stereocenters. The molecular formula is C13H17ClN4O2. The van der Waals surface area contributed by atoms with Crippen LogP contribution in [0.5, 0.6) is 0 Å². The van der Waals surface area contributed by atoms with Gasteiger partial charge in [-0.2, -0.15) is 0 Å². The summed E-state index contributed by atoms with van der Waals surface area (Å²) < 4.78 is 0. The number of hydrogen-bond acceptors (Lipinski definition) is 4. The van der Waals surface area contributed by atoms with Crippen LogP contribution in [0.1, 0.15) is 0 Å². The van der Waals surface area contributed by atoms with Crippen LogP contribution >= 0.6 is 11.6 Å². The van der Waals surface area contributed by atoms with Gasteiger partial charge in [-0.25, -0.2) is 0 Å². The molecule has 1 fully saturated rings. The van der Waals surface area contributed by atoms with Crippen LogP contribution in [0.4, 0.5) is 11.4 Å². The molecule has 0 radical (unpaired) electrons. The second-order valence-electron chi connectivity index (χ2n) is 4.81. The molecule has 2 rings (SSSR count). The molecule has 108 valence electrons. The van der Waals surface area contributed by atoms with Crippen molar-refractivity contribution in [2.75, 3.05) is 44.3 Å². The lowest BCUT2D eigenvalue weighted by atomic mass is 10.2. The summed E-state index contributed by atoms with van der Waals surface area (Å²) in [5.41, 5.74) is 6.66. The van der Waals surface area contributed by atoms with E-state index in [9.17, 15) is 9.59 Å². The van der Waals surface area contributed by atoms with Crippen molar-refractivity contribution in [2.24, 2.45) is 0 Å². The quantitative estimate of drug-likeness (QED) is 0.802. The molecule has 0 aromatic heterocycles. The summed E-state index contributed by atoms with van der Waals surface area (Å²) in [6, 6.07) is 4.90. The maximum atomic E-state index is 12.0. The van der Waals surface area contributed by atoms with Gasteiger partial charge in [-0.15, -0.1) is 0 Å². The normalized spacial score (nSPS) is 16.3. The average Bonchev–Trinajstić information content (AvgIpc) is 2.38. The Labute approximate surface area is 122 Å². The van der Waals surface area contributed by atoms with Crippen molar-refractivity contribution < 1.29 is 9.59 Å². The summed E-state index contributed by atoms with van der Waals surface area (Å²) >= 11 is 5.98. The number of nitrogens with two attached hydrogens (primary N) is 1. The first kappa shape index (κ1) is 14.6. The third-order valence-electron chi connectivity index (χ3n) is 3.17. The van der Waals surface area contributed by atoms with Crippen molar-refractivity contribution in [2.45, 2.75) is 0 Å². The highest BCUT2D eigenvalue weighted by Crippen LogP contribution is 2.23. The molecule has 0 aliphatic carbocycles. The molecule has 1 aromatic carbocycles. The number of carbonyl (C=O) groups is 2. The summed E-state index contributed by atoms with van der Waals surface area (Å²) in [5, 5.41) is 3.14. The topological polar surface area (TPSA) is 78.7 Å². The maximum absolute atomic E-state index is 12.0. The van der Waals surface area contributed by atoms with Crippen LogP contribution < -0.4 is 11.1 Å². The summed E-state index contributed by atoms with van der Waals surface area (Å²) in [4.78, 5) is 27.0. The van der Waals surface area contributed by atoms with E-state index in [1.54, 1.807) is 35.0 Å². The van der Waals surface area contributed by atoms with Crippen LogP contribution in [-0.4, -0.2) is 54.8 Å². The Kier molecular flexibility index (Phi) is 4.46. The summed E-state index contributed by atoms with van der Waals surface area (Å²) in [7, 11) is 1.76. The molecule has 6 nitrogen and oxygen atoms in total. The number of benzene rings is 1. The Morgan fingerprint density at radius 3 is 2.90 bits per heavy atom. The predicted octanol–water partition coefficient (Wildman–Crippen LogP) is 0.635. The number of piperazine rings is 1. The van der Waals surface area contributed by atoms with Gasteiger partial charge in [-0.3, -0.25) is 14.5 Å². The molecule has 2 amide bonds. The lowest BCUT2D eigenvalue weighted by molar-refractivity contribution is -0.135. The van der Waals surface area contributed by atoms with Gasteiger partial charge in [0, 0.05) is 25.8 Å². The molecule has 1 aromatic rings. The van der Waals surface area contributed by atoms with Gasteiger partial charge in [0.15, 0.2) is 0 Å². The van der Waals surface area contributed by atoms with E-state index < -0.39 is 0 Å².